The number of H-pyrrole nitrogens is 1. The number of aromatic amines is 1. The van der Waals surface area contributed by atoms with Gasteiger partial charge in [-0.15, -0.1) is 12.4 Å². The number of aromatic nitrogens is 1. The Morgan fingerprint density at radius 1 is 1.29 bits per heavy atom. The third-order valence-corrected chi connectivity index (χ3v) is 2.40. The Labute approximate surface area is 89.9 Å². The van der Waals surface area contributed by atoms with E-state index in [1.807, 2.05) is 19.1 Å². The molecule has 76 valence electrons. The fourth-order valence-electron chi connectivity index (χ4n) is 1.89. The van der Waals surface area contributed by atoms with E-state index in [0.717, 1.165) is 0 Å². The van der Waals surface area contributed by atoms with Crippen molar-refractivity contribution in [3.8, 4) is 0 Å². The van der Waals surface area contributed by atoms with Crippen LogP contribution >= 0.6 is 12.4 Å². The molecule has 0 aliphatic rings. The first-order valence-electron chi connectivity index (χ1n) is 4.53. The molecule has 0 saturated heterocycles. The number of hydrogen-bond donors (Lipinski definition) is 2. The summed E-state index contributed by atoms with van der Waals surface area (Å²) in [5, 5.41) is 1.25. The molecule has 1 atom stereocenters. The molecule has 0 radical (unpaired) electrons. The van der Waals surface area contributed by atoms with E-state index in [9.17, 15) is 0 Å². The molecule has 0 saturated carbocycles. The molecule has 2 aromatic rings. The van der Waals surface area contributed by atoms with Gasteiger partial charge in [-0.2, -0.15) is 0 Å². The van der Waals surface area contributed by atoms with Gasteiger partial charge >= 0.3 is 0 Å². The van der Waals surface area contributed by atoms with E-state index in [0.29, 0.717) is 0 Å². The number of halogens is 1. The van der Waals surface area contributed by atoms with Crippen molar-refractivity contribution in [1.29, 1.82) is 0 Å². The zero-order valence-corrected chi connectivity index (χ0v) is 9.19. The fourth-order valence-corrected chi connectivity index (χ4v) is 1.89. The smallest absolute Gasteiger partial charge is 0.0459 e. The molecule has 0 fully saturated rings. The molecular weight excluding hydrogens is 196 g/mol. The molecule has 0 aliphatic heterocycles. The molecule has 1 aromatic heterocycles. The Kier molecular flexibility index (Phi) is 3.19. The number of nitrogens with one attached hydrogen (secondary N) is 1. The lowest BCUT2D eigenvalue weighted by Crippen LogP contribution is -2.05. The first-order valence-corrected chi connectivity index (χ1v) is 4.53. The molecule has 0 spiro atoms. The van der Waals surface area contributed by atoms with E-state index < -0.39 is 0 Å². The summed E-state index contributed by atoms with van der Waals surface area (Å²) < 4.78 is 0. The Balaban J connectivity index is 0.000000980. The van der Waals surface area contributed by atoms with Gasteiger partial charge in [0.1, 0.15) is 0 Å². The molecule has 1 heterocycles. The second-order valence-corrected chi connectivity index (χ2v) is 3.50. The van der Waals surface area contributed by atoms with Crippen molar-refractivity contribution >= 4 is 23.3 Å². The minimum atomic E-state index is 0. The molecule has 0 unspecified atom stereocenters. The van der Waals surface area contributed by atoms with Crippen LogP contribution in [0.4, 0.5) is 0 Å². The lowest BCUT2D eigenvalue weighted by atomic mass is 10.1. The Morgan fingerprint density at radius 3 is 2.57 bits per heavy atom. The highest BCUT2D eigenvalue weighted by atomic mass is 35.5. The van der Waals surface area contributed by atoms with Gasteiger partial charge in [0.05, 0.1) is 0 Å². The van der Waals surface area contributed by atoms with E-state index in [4.69, 9.17) is 5.73 Å². The molecule has 1 aromatic carbocycles. The highest BCUT2D eigenvalue weighted by molar-refractivity contribution is 5.85. The van der Waals surface area contributed by atoms with Crippen LogP contribution in [0.2, 0.25) is 0 Å². The van der Waals surface area contributed by atoms with Gasteiger partial charge in [-0.1, -0.05) is 18.2 Å². The maximum Gasteiger partial charge on any atom is 0.0459 e. The first-order chi connectivity index (χ1) is 6.20. The lowest BCUT2D eigenvalue weighted by molar-refractivity contribution is 0.817. The summed E-state index contributed by atoms with van der Waals surface area (Å²) in [7, 11) is 0. The molecule has 0 bridgehead atoms. The van der Waals surface area contributed by atoms with Crippen LogP contribution in [0.3, 0.4) is 0 Å². The summed E-state index contributed by atoms with van der Waals surface area (Å²) >= 11 is 0. The number of benzene rings is 1. The molecule has 3 heteroatoms. The highest BCUT2D eigenvalue weighted by Crippen LogP contribution is 2.25. The van der Waals surface area contributed by atoms with E-state index in [1.165, 1.54) is 22.2 Å². The number of aryl methyl sites for hydroxylation is 1. The second-order valence-electron chi connectivity index (χ2n) is 3.50. The Hall–Kier alpha value is -0.990. The quantitative estimate of drug-likeness (QED) is 0.747. The molecule has 2 nitrogen and oxygen atoms in total. The molecule has 3 N–H and O–H groups in total. The zero-order chi connectivity index (χ0) is 9.42. The van der Waals surface area contributed by atoms with Crippen LogP contribution in [-0.2, 0) is 0 Å². The molecule has 0 amide bonds. The van der Waals surface area contributed by atoms with Gasteiger partial charge in [0.15, 0.2) is 0 Å². The predicted octanol–water partition coefficient (Wildman–Crippen LogP) is 2.92. The second kappa shape index (κ2) is 4.03. The highest BCUT2D eigenvalue weighted by Gasteiger charge is 2.10. The summed E-state index contributed by atoms with van der Waals surface area (Å²) in [5.74, 6) is 0. The monoisotopic (exact) mass is 210 g/mol. The first kappa shape index (κ1) is 11.1. The van der Waals surface area contributed by atoms with Crippen molar-refractivity contribution in [1.82, 2.24) is 4.98 Å². The zero-order valence-electron chi connectivity index (χ0n) is 8.37. The van der Waals surface area contributed by atoms with E-state index in [2.05, 4.69) is 24.0 Å². The lowest BCUT2D eigenvalue weighted by Gasteiger charge is -2.04. The molecule has 0 aliphatic carbocycles. The van der Waals surface area contributed by atoms with Crippen LogP contribution in [0.1, 0.15) is 24.2 Å². The summed E-state index contributed by atoms with van der Waals surface area (Å²) in [4.78, 5) is 3.33. The summed E-state index contributed by atoms with van der Waals surface area (Å²) in [6, 6.07) is 8.35. The van der Waals surface area contributed by atoms with Gasteiger partial charge in [0.25, 0.3) is 0 Å². The number of rotatable bonds is 1. The van der Waals surface area contributed by atoms with Gasteiger partial charge in [0.2, 0.25) is 0 Å². The SMILES string of the molecule is Cc1[nH]c2ccccc2c1[C@@H](C)N.Cl. The minimum absolute atomic E-state index is 0. The van der Waals surface area contributed by atoms with Crippen LogP contribution in [0, 0.1) is 6.92 Å². The van der Waals surface area contributed by atoms with Crippen LogP contribution in [0.5, 0.6) is 0 Å². The maximum absolute atomic E-state index is 5.91. The van der Waals surface area contributed by atoms with E-state index >= 15 is 0 Å². The third-order valence-electron chi connectivity index (χ3n) is 2.40. The normalized spacial score (nSPS) is 12.5. The number of nitrogens with two attached hydrogens (primary N) is 1. The molecule has 2 rings (SSSR count). The summed E-state index contributed by atoms with van der Waals surface area (Å²) in [6.07, 6.45) is 0. The molecular formula is C11H15ClN2. The van der Waals surface area contributed by atoms with Crippen LogP contribution < -0.4 is 5.73 Å². The Bertz CT molecular complexity index is 432. The van der Waals surface area contributed by atoms with Crippen molar-refractivity contribution in [3.63, 3.8) is 0 Å². The van der Waals surface area contributed by atoms with Gasteiger partial charge in [-0.05, 0) is 25.5 Å². The summed E-state index contributed by atoms with van der Waals surface area (Å²) in [5.41, 5.74) is 9.49. The third kappa shape index (κ3) is 1.63. The average Bonchev–Trinajstić information content (AvgIpc) is 2.39. The average molecular weight is 211 g/mol. The fraction of sp³-hybridized carbons (Fsp3) is 0.273. The van der Waals surface area contributed by atoms with Gasteiger partial charge in [-0.25, -0.2) is 0 Å². The van der Waals surface area contributed by atoms with Gasteiger partial charge in [0, 0.05) is 22.6 Å². The van der Waals surface area contributed by atoms with Gasteiger partial charge < -0.3 is 10.7 Å². The maximum atomic E-state index is 5.91. The van der Waals surface area contributed by atoms with Crippen molar-refractivity contribution < 1.29 is 0 Å². The van der Waals surface area contributed by atoms with Crippen molar-refractivity contribution in [2.24, 2.45) is 5.73 Å². The van der Waals surface area contributed by atoms with Crippen molar-refractivity contribution in [3.05, 3.63) is 35.5 Å². The predicted molar refractivity (Wildman–Crippen MR) is 62.9 cm³/mol. The minimum Gasteiger partial charge on any atom is -0.358 e. The summed E-state index contributed by atoms with van der Waals surface area (Å²) in [6.45, 7) is 4.08. The van der Waals surface area contributed by atoms with E-state index in [1.54, 1.807) is 0 Å². The largest absolute Gasteiger partial charge is 0.358 e. The van der Waals surface area contributed by atoms with Crippen LogP contribution in [-0.4, -0.2) is 4.98 Å². The van der Waals surface area contributed by atoms with Gasteiger partial charge in [-0.3, -0.25) is 0 Å². The van der Waals surface area contributed by atoms with Crippen molar-refractivity contribution in [2.45, 2.75) is 19.9 Å². The molecule has 14 heavy (non-hydrogen) atoms. The van der Waals surface area contributed by atoms with Crippen molar-refractivity contribution in [2.75, 3.05) is 0 Å². The number of fused-ring (bicyclic) bond motifs is 1. The standard InChI is InChI=1S/C11H14N2.ClH/c1-7(12)11-8(2)13-10-6-4-3-5-9(10)11;/h3-7,13H,12H2,1-2H3;1H/t7-;/m1./s1. The Morgan fingerprint density at radius 2 is 1.93 bits per heavy atom. The topological polar surface area (TPSA) is 41.8 Å². The van der Waals surface area contributed by atoms with E-state index in [-0.39, 0.29) is 18.4 Å². The number of hydrogen-bond acceptors (Lipinski definition) is 1. The number of para-hydroxylation sites is 1. The van der Waals surface area contributed by atoms with Crippen LogP contribution in [0.25, 0.3) is 10.9 Å². The van der Waals surface area contributed by atoms with Crippen LogP contribution in [0.15, 0.2) is 24.3 Å².